The maximum atomic E-state index is 12.2. The van der Waals surface area contributed by atoms with E-state index in [9.17, 15) is 18.0 Å². The molecule has 1 saturated carbocycles. The molecule has 3 nitrogen and oxygen atoms in total. The van der Waals surface area contributed by atoms with Gasteiger partial charge in [0.25, 0.3) is 0 Å². The van der Waals surface area contributed by atoms with Crippen LogP contribution in [0.3, 0.4) is 0 Å². The van der Waals surface area contributed by atoms with Crippen LogP contribution in [0.1, 0.15) is 12.8 Å². The number of rotatable bonds is 4. The van der Waals surface area contributed by atoms with Crippen molar-refractivity contribution >= 4 is 23.4 Å². The van der Waals surface area contributed by atoms with Gasteiger partial charge in [0.15, 0.2) is 0 Å². The van der Waals surface area contributed by atoms with Gasteiger partial charge in [-0.15, -0.1) is 11.8 Å². The summed E-state index contributed by atoms with van der Waals surface area (Å²) in [4.78, 5) is 12.2. The number of nitrogens with one attached hydrogen (secondary N) is 1. The van der Waals surface area contributed by atoms with Crippen molar-refractivity contribution in [3.8, 4) is 0 Å². The van der Waals surface area contributed by atoms with Crippen molar-refractivity contribution in [1.29, 1.82) is 0 Å². The highest BCUT2D eigenvalue weighted by molar-refractivity contribution is 7.99. The zero-order valence-electron chi connectivity index (χ0n) is 9.96. The lowest BCUT2D eigenvalue weighted by atomic mass is 10.2. The monoisotopic (exact) mass is 290 g/mol. The normalized spacial score (nSPS) is 17.1. The number of para-hydroxylation sites is 1. The molecule has 104 valence electrons. The second-order valence-corrected chi connectivity index (χ2v) is 5.53. The van der Waals surface area contributed by atoms with E-state index in [-0.39, 0.29) is 5.91 Å². The van der Waals surface area contributed by atoms with E-state index in [4.69, 9.17) is 5.73 Å². The lowest BCUT2D eigenvalue weighted by Crippen LogP contribution is -2.37. The summed E-state index contributed by atoms with van der Waals surface area (Å²) in [6.07, 6.45) is -3.03. The van der Waals surface area contributed by atoms with E-state index in [2.05, 4.69) is 5.32 Å². The average molecular weight is 290 g/mol. The molecule has 1 fully saturated rings. The van der Waals surface area contributed by atoms with Gasteiger partial charge in [-0.3, -0.25) is 4.79 Å². The predicted octanol–water partition coefficient (Wildman–Crippen LogP) is 2.77. The van der Waals surface area contributed by atoms with E-state index in [0.717, 1.165) is 0 Å². The van der Waals surface area contributed by atoms with E-state index < -0.39 is 17.5 Å². The summed E-state index contributed by atoms with van der Waals surface area (Å²) in [5.74, 6) is -1.33. The van der Waals surface area contributed by atoms with Crippen molar-refractivity contribution in [2.45, 2.75) is 29.5 Å². The summed E-state index contributed by atoms with van der Waals surface area (Å²) in [6, 6.07) is 6.40. The van der Waals surface area contributed by atoms with Crippen molar-refractivity contribution in [3.63, 3.8) is 0 Å². The Hall–Kier alpha value is -1.21. The van der Waals surface area contributed by atoms with E-state index in [1.807, 2.05) is 0 Å². The minimum atomic E-state index is -4.24. The number of anilines is 1. The molecule has 0 spiro atoms. The SMILES string of the molecule is NC1(C(=O)Nc2ccccc2SCC(F)(F)F)CC1. The van der Waals surface area contributed by atoms with Crippen LogP contribution in [0.25, 0.3) is 0 Å². The molecule has 1 aliphatic rings. The van der Waals surface area contributed by atoms with Crippen LogP contribution >= 0.6 is 11.8 Å². The van der Waals surface area contributed by atoms with E-state index in [0.29, 0.717) is 35.2 Å². The van der Waals surface area contributed by atoms with Gasteiger partial charge < -0.3 is 11.1 Å². The summed E-state index contributed by atoms with van der Waals surface area (Å²) >= 11 is 0.646. The maximum Gasteiger partial charge on any atom is 0.398 e. The Morgan fingerprint density at radius 3 is 2.58 bits per heavy atom. The Balaban J connectivity index is 2.06. The molecule has 1 aromatic rings. The highest BCUT2D eigenvalue weighted by atomic mass is 32.2. The molecule has 0 atom stereocenters. The number of amides is 1. The zero-order chi connectivity index (χ0) is 14.1. The molecule has 1 aliphatic carbocycles. The summed E-state index contributed by atoms with van der Waals surface area (Å²) in [5.41, 5.74) is 5.26. The zero-order valence-corrected chi connectivity index (χ0v) is 10.8. The van der Waals surface area contributed by atoms with Crippen molar-refractivity contribution in [2.75, 3.05) is 11.1 Å². The topological polar surface area (TPSA) is 55.1 Å². The highest BCUT2D eigenvalue weighted by Crippen LogP contribution is 2.36. The molecule has 2 rings (SSSR count). The van der Waals surface area contributed by atoms with Crippen molar-refractivity contribution in [3.05, 3.63) is 24.3 Å². The lowest BCUT2D eigenvalue weighted by Gasteiger charge is -2.14. The van der Waals surface area contributed by atoms with Crippen molar-refractivity contribution in [1.82, 2.24) is 0 Å². The summed E-state index contributed by atoms with van der Waals surface area (Å²) in [6.45, 7) is 0. The third-order valence-electron chi connectivity index (χ3n) is 2.77. The second kappa shape index (κ2) is 5.05. The number of carbonyl (C=O) groups excluding carboxylic acids is 1. The second-order valence-electron chi connectivity index (χ2n) is 4.51. The molecule has 0 aliphatic heterocycles. The third kappa shape index (κ3) is 3.87. The molecule has 1 amide bonds. The molecular weight excluding hydrogens is 277 g/mol. The Labute approximate surface area is 112 Å². The number of hydrogen-bond acceptors (Lipinski definition) is 3. The first-order chi connectivity index (χ1) is 8.80. The smallest absolute Gasteiger partial charge is 0.323 e. The number of hydrogen-bond donors (Lipinski definition) is 2. The van der Waals surface area contributed by atoms with Crippen molar-refractivity contribution < 1.29 is 18.0 Å². The van der Waals surface area contributed by atoms with Gasteiger partial charge in [0.05, 0.1) is 17.0 Å². The van der Waals surface area contributed by atoms with Crippen LogP contribution < -0.4 is 11.1 Å². The minimum absolute atomic E-state index is 0.340. The number of nitrogens with two attached hydrogens (primary N) is 1. The predicted molar refractivity (Wildman–Crippen MR) is 68.0 cm³/mol. The molecule has 0 radical (unpaired) electrons. The van der Waals surface area contributed by atoms with Crippen molar-refractivity contribution in [2.24, 2.45) is 5.73 Å². The Bertz CT molecular complexity index is 486. The average Bonchev–Trinajstić information content (AvgIpc) is 3.06. The fraction of sp³-hybridized carbons (Fsp3) is 0.417. The van der Waals surface area contributed by atoms with Gasteiger partial charge >= 0.3 is 6.18 Å². The highest BCUT2D eigenvalue weighted by Gasteiger charge is 2.46. The number of alkyl halides is 3. The quantitative estimate of drug-likeness (QED) is 0.838. The van der Waals surface area contributed by atoms with Crippen LogP contribution in [0.15, 0.2) is 29.2 Å². The fourth-order valence-electron chi connectivity index (χ4n) is 1.46. The third-order valence-corrected chi connectivity index (χ3v) is 3.91. The first kappa shape index (κ1) is 14.2. The van der Waals surface area contributed by atoms with E-state index in [1.165, 1.54) is 0 Å². The summed E-state index contributed by atoms with van der Waals surface area (Å²) in [5, 5.41) is 2.60. The molecule has 1 aromatic carbocycles. The van der Waals surface area contributed by atoms with Crippen LogP contribution in [0, 0.1) is 0 Å². The molecule has 0 saturated heterocycles. The minimum Gasteiger partial charge on any atom is -0.323 e. The van der Waals surface area contributed by atoms with Crippen LogP contribution in [0.4, 0.5) is 18.9 Å². The van der Waals surface area contributed by atoms with Gasteiger partial charge in [-0.25, -0.2) is 0 Å². The lowest BCUT2D eigenvalue weighted by molar-refractivity contribution is -0.118. The molecule has 7 heteroatoms. The summed E-state index contributed by atoms with van der Waals surface area (Å²) < 4.78 is 36.6. The van der Waals surface area contributed by atoms with Gasteiger partial charge in [0.1, 0.15) is 0 Å². The molecule has 0 bridgehead atoms. The van der Waals surface area contributed by atoms with Crippen LogP contribution in [0.5, 0.6) is 0 Å². The van der Waals surface area contributed by atoms with E-state index >= 15 is 0 Å². The number of halogens is 3. The summed E-state index contributed by atoms with van der Waals surface area (Å²) in [7, 11) is 0. The van der Waals surface area contributed by atoms with Gasteiger partial charge in [0.2, 0.25) is 5.91 Å². The molecule has 0 aromatic heterocycles. The molecule has 3 N–H and O–H groups in total. The molecule has 0 unspecified atom stereocenters. The van der Waals surface area contributed by atoms with Gasteiger partial charge in [0, 0.05) is 4.90 Å². The number of thioether (sulfide) groups is 1. The van der Waals surface area contributed by atoms with E-state index in [1.54, 1.807) is 24.3 Å². The Morgan fingerprint density at radius 2 is 2.00 bits per heavy atom. The van der Waals surface area contributed by atoms with Crippen LogP contribution in [-0.2, 0) is 4.79 Å². The van der Waals surface area contributed by atoms with Gasteiger partial charge in [-0.05, 0) is 25.0 Å². The Morgan fingerprint density at radius 1 is 1.37 bits per heavy atom. The first-order valence-electron chi connectivity index (χ1n) is 5.69. The Kier molecular flexibility index (Phi) is 3.78. The standard InChI is InChI=1S/C12H13F3N2OS/c13-12(14,15)7-19-9-4-2-1-3-8(9)17-10(18)11(16)5-6-11/h1-4H,5-7,16H2,(H,17,18). The number of benzene rings is 1. The van der Waals surface area contributed by atoms with Crippen LogP contribution in [-0.4, -0.2) is 23.4 Å². The van der Waals surface area contributed by atoms with Gasteiger partial charge in [-0.2, -0.15) is 13.2 Å². The van der Waals surface area contributed by atoms with Crippen LogP contribution in [0.2, 0.25) is 0 Å². The molecule has 19 heavy (non-hydrogen) atoms. The molecule has 0 heterocycles. The maximum absolute atomic E-state index is 12.2. The fourth-order valence-corrected chi connectivity index (χ4v) is 2.23. The molecular formula is C12H13F3N2OS. The first-order valence-corrected chi connectivity index (χ1v) is 6.68. The van der Waals surface area contributed by atoms with Gasteiger partial charge in [-0.1, -0.05) is 12.1 Å². The largest absolute Gasteiger partial charge is 0.398 e. The number of carbonyl (C=O) groups is 1.